The number of fused-ring (bicyclic) bond motifs is 4. The number of methoxy groups -OCH3 is 1. The molecule has 124 valence electrons. The van der Waals surface area contributed by atoms with Crippen molar-refractivity contribution in [2.24, 2.45) is 0 Å². The molecule has 9 heteroatoms. The first-order valence-corrected chi connectivity index (χ1v) is 9.50. The molecule has 3 heterocycles. The molecule has 0 saturated carbocycles. The Hall–Kier alpha value is -2.26. The molecule has 1 N–H and O–H groups in total. The molecule has 0 atom stereocenters. The maximum absolute atomic E-state index is 12.8. The minimum Gasteiger partial charge on any atom is -0.464 e. The van der Waals surface area contributed by atoms with Gasteiger partial charge in [0.15, 0.2) is 0 Å². The number of benzene rings is 1. The van der Waals surface area contributed by atoms with Gasteiger partial charge in [-0.3, -0.25) is 9.40 Å². The molecule has 1 aromatic heterocycles. The normalized spacial score (nSPS) is 17.8. The number of nitrogens with one attached hydrogen (secondary N) is 1. The van der Waals surface area contributed by atoms with Crippen molar-refractivity contribution < 1.29 is 17.9 Å². The van der Waals surface area contributed by atoms with Gasteiger partial charge in [-0.15, -0.1) is 11.8 Å². The Morgan fingerprint density at radius 3 is 2.88 bits per heavy atom. The highest BCUT2D eigenvalue weighted by Gasteiger charge is 2.40. The van der Waals surface area contributed by atoms with Gasteiger partial charge < -0.3 is 4.74 Å². The zero-order valence-corrected chi connectivity index (χ0v) is 14.5. The van der Waals surface area contributed by atoms with Gasteiger partial charge in [0.1, 0.15) is 11.4 Å². The molecule has 0 spiro atoms. The lowest BCUT2D eigenvalue weighted by Crippen LogP contribution is -2.31. The van der Waals surface area contributed by atoms with E-state index >= 15 is 0 Å². The number of sulfonamides is 1. The summed E-state index contributed by atoms with van der Waals surface area (Å²) >= 11 is 1.49. The number of carbonyl (C=O) groups excluding carboxylic acids is 1. The van der Waals surface area contributed by atoms with E-state index in [1.54, 1.807) is 18.2 Å². The zero-order valence-electron chi connectivity index (χ0n) is 12.9. The third kappa shape index (κ3) is 1.88. The van der Waals surface area contributed by atoms with Crippen molar-refractivity contribution in [1.82, 2.24) is 14.5 Å². The second-order valence-electron chi connectivity index (χ2n) is 5.35. The van der Waals surface area contributed by atoms with E-state index < -0.39 is 16.0 Å². The number of aromatic amines is 1. The van der Waals surface area contributed by atoms with Gasteiger partial charge in [-0.2, -0.15) is 5.10 Å². The number of hydrogen-bond acceptors (Lipinski definition) is 6. The van der Waals surface area contributed by atoms with E-state index in [1.165, 1.54) is 30.2 Å². The quantitative estimate of drug-likeness (QED) is 0.778. The average molecular weight is 363 g/mol. The number of carbonyl (C=O) groups is 1. The summed E-state index contributed by atoms with van der Waals surface area (Å²) in [6, 6.07) is 6.91. The van der Waals surface area contributed by atoms with Crippen molar-refractivity contribution >= 4 is 38.4 Å². The number of ether oxygens (including phenoxy) is 1. The molecule has 2 aliphatic heterocycles. The summed E-state index contributed by atoms with van der Waals surface area (Å²) in [4.78, 5) is 13.0. The second-order valence-corrected chi connectivity index (χ2v) is 8.28. The second kappa shape index (κ2) is 5.12. The Labute approximate surface area is 142 Å². The van der Waals surface area contributed by atoms with E-state index in [2.05, 4.69) is 10.2 Å². The van der Waals surface area contributed by atoms with Crippen LogP contribution in [0.4, 0.5) is 0 Å². The highest BCUT2D eigenvalue weighted by Crippen LogP contribution is 2.50. The third-order valence-corrected chi connectivity index (χ3v) is 7.09. The van der Waals surface area contributed by atoms with Gasteiger partial charge in [-0.05, 0) is 6.07 Å². The fourth-order valence-corrected chi connectivity index (χ4v) is 5.74. The van der Waals surface area contributed by atoms with Gasteiger partial charge in [0.05, 0.1) is 17.7 Å². The summed E-state index contributed by atoms with van der Waals surface area (Å²) in [5.74, 6) is -0.00718. The van der Waals surface area contributed by atoms with Crippen LogP contribution in [0.1, 0.15) is 27.3 Å². The maximum atomic E-state index is 12.8. The van der Waals surface area contributed by atoms with Gasteiger partial charge in [0, 0.05) is 28.8 Å². The van der Waals surface area contributed by atoms with Gasteiger partial charge in [0.2, 0.25) is 0 Å². The Morgan fingerprint density at radius 1 is 1.38 bits per heavy atom. The monoisotopic (exact) mass is 363 g/mol. The number of hydrogen-bond donors (Lipinski definition) is 1. The Kier molecular flexibility index (Phi) is 3.26. The smallest absolute Gasteiger partial charge is 0.356 e. The predicted octanol–water partition coefficient (Wildman–Crippen LogP) is 1.90. The van der Waals surface area contributed by atoms with Gasteiger partial charge in [0.25, 0.3) is 10.0 Å². The summed E-state index contributed by atoms with van der Waals surface area (Å²) in [7, 11) is -0.860. The van der Waals surface area contributed by atoms with Crippen LogP contribution in [-0.2, 0) is 20.5 Å². The van der Waals surface area contributed by atoms with Crippen molar-refractivity contribution in [3.8, 4) is 0 Å². The Balaban J connectivity index is 2.00. The van der Waals surface area contributed by atoms with Crippen LogP contribution in [0.5, 0.6) is 0 Å². The summed E-state index contributed by atoms with van der Waals surface area (Å²) < 4.78 is 31.6. The van der Waals surface area contributed by atoms with Crippen LogP contribution in [0, 0.1) is 0 Å². The number of esters is 1. The fraction of sp³-hybridized carbons (Fsp3) is 0.200. The SMILES string of the molecule is COC(=O)c1[nH]nc2c1CSC1=C2N(C)S(=O)(=O)c2ccccc21. The minimum atomic E-state index is -3.66. The first-order valence-electron chi connectivity index (χ1n) is 7.08. The van der Waals surface area contributed by atoms with Gasteiger partial charge >= 0.3 is 5.97 Å². The largest absolute Gasteiger partial charge is 0.464 e. The van der Waals surface area contributed by atoms with Crippen LogP contribution in [0.2, 0.25) is 0 Å². The van der Waals surface area contributed by atoms with Crippen molar-refractivity contribution in [3.05, 3.63) is 46.8 Å². The molecule has 0 unspecified atom stereocenters. The lowest BCUT2D eigenvalue weighted by Gasteiger charge is -2.33. The lowest BCUT2D eigenvalue weighted by molar-refractivity contribution is 0.0593. The number of rotatable bonds is 1. The zero-order chi connectivity index (χ0) is 17.1. The molecule has 0 aliphatic carbocycles. The van der Waals surface area contributed by atoms with Crippen molar-refractivity contribution in [3.63, 3.8) is 0 Å². The number of H-pyrrole nitrogens is 1. The summed E-state index contributed by atoms with van der Waals surface area (Å²) in [5.41, 5.74) is 2.56. The minimum absolute atomic E-state index is 0.260. The molecule has 0 radical (unpaired) electrons. The molecule has 0 amide bonds. The van der Waals surface area contributed by atoms with E-state index in [1.807, 2.05) is 6.07 Å². The van der Waals surface area contributed by atoms with Crippen LogP contribution >= 0.6 is 11.8 Å². The molecule has 2 aromatic rings. The molecule has 1 aromatic carbocycles. The number of aromatic nitrogens is 2. The Morgan fingerprint density at radius 2 is 2.12 bits per heavy atom. The highest BCUT2D eigenvalue weighted by atomic mass is 32.2. The summed E-state index contributed by atoms with van der Waals surface area (Å²) in [5, 5.41) is 6.87. The molecule has 2 aliphatic rings. The first-order chi connectivity index (χ1) is 11.5. The van der Waals surface area contributed by atoms with Crippen molar-refractivity contribution in [2.75, 3.05) is 14.2 Å². The van der Waals surface area contributed by atoms with Crippen molar-refractivity contribution in [2.45, 2.75) is 10.6 Å². The molecule has 0 saturated heterocycles. The maximum Gasteiger partial charge on any atom is 0.356 e. The van der Waals surface area contributed by atoms with Crippen molar-refractivity contribution in [1.29, 1.82) is 0 Å². The van der Waals surface area contributed by atoms with Crippen LogP contribution in [0.3, 0.4) is 0 Å². The van der Waals surface area contributed by atoms with E-state index in [-0.39, 0.29) is 10.6 Å². The van der Waals surface area contributed by atoms with Gasteiger partial charge in [-0.25, -0.2) is 13.2 Å². The molecule has 0 fully saturated rings. The lowest BCUT2D eigenvalue weighted by atomic mass is 10.1. The van der Waals surface area contributed by atoms with Crippen LogP contribution in [0.15, 0.2) is 29.2 Å². The third-order valence-electron chi connectivity index (χ3n) is 4.14. The van der Waals surface area contributed by atoms with Gasteiger partial charge in [-0.1, -0.05) is 18.2 Å². The number of thioether (sulfide) groups is 1. The fourth-order valence-electron chi connectivity index (χ4n) is 2.94. The Bertz CT molecular complexity index is 1010. The molecular weight excluding hydrogens is 350 g/mol. The predicted molar refractivity (Wildman–Crippen MR) is 89.4 cm³/mol. The molecule has 4 rings (SSSR count). The first kappa shape index (κ1) is 15.3. The van der Waals surface area contributed by atoms with E-state index in [0.717, 1.165) is 4.91 Å². The standard InChI is InChI=1S/C15H13N3O4S2/c1-18-13-11-9(12(17-16-11)15(19)22-2)7-23-14(13)8-5-3-4-6-10(8)24(18,20)21/h3-6H,7H2,1-2H3,(H,16,17). The number of nitrogens with zero attached hydrogens (tertiary/aromatic N) is 2. The van der Waals surface area contributed by atoms with Crippen LogP contribution in [-0.4, -0.2) is 43.0 Å². The van der Waals surface area contributed by atoms with Crippen LogP contribution < -0.4 is 0 Å². The molecule has 7 nitrogen and oxygen atoms in total. The summed E-state index contributed by atoms with van der Waals surface area (Å²) in [6.07, 6.45) is 0. The molecule has 0 bridgehead atoms. The molecular formula is C15H13N3O4S2. The topological polar surface area (TPSA) is 92.4 Å². The average Bonchev–Trinajstić information content (AvgIpc) is 3.03. The highest BCUT2D eigenvalue weighted by molar-refractivity contribution is 8.08. The van der Waals surface area contributed by atoms with E-state index in [0.29, 0.717) is 28.3 Å². The van der Waals surface area contributed by atoms with Crippen LogP contribution in [0.25, 0.3) is 10.6 Å². The molecule has 24 heavy (non-hydrogen) atoms. The van der Waals surface area contributed by atoms with E-state index in [9.17, 15) is 13.2 Å². The van der Waals surface area contributed by atoms with E-state index in [4.69, 9.17) is 4.74 Å². The summed E-state index contributed by atoms with van der Waals surface area (Å²) in [6.45, 7) is 0.